The maximum Gasteiger partial charge on any atom is 0.320 e. The Morgan fingerprint density at radius 1 is 1.31 bits per heavy atom. The number of carbonyl (C=O) groups is 1. The van der Waals surface area contributed by atoms with Crippen LogP contribution in [0, 0.1) is 12.3 Å². The average molecular weight is 370 g/mol. The molecule has 1 aliphatic rings. The van der Waals surface area contributed by atoms with E-state index in [1.54, 1.807) is 5.38 Å². The summed E-state index contributed by atoms with van der Waals surface area (Å²) in [5.74, 6) is 2.82. The smallest absolute Gasteiger partial charge is 0.320 e. The van der Waals surface area contributed by atoms with Gasteiger partial charge < -0.3 is 15.3 Å². The van der Waals surface area contributed by atoms with Gasteiger partial charge in [-0.2, -0.15) is 0 Å². The summed E-state index contributed by atoms with van der Waals surface area (Å²) in [5, 5.41) is 17.2. The van der Waals surface area contributed by atoms with Gasteiger partial charge in [-0.3, -0.25) is 5.32 Å². The molecule has 0 unspecified atom stereocenters. The minimum Gasteiger partial charge on any atom is -0.394 e. The van der Waals surface area contributed by atoms with E-state index in [0.717, 1.165) is 18.7 Å². The van der Waals surface area contributed by atoms with Crippen LogP contribution in [-0.2, 0) is 0 Å². The highest BCUT2D eigenvalue weighted by atomic mass is 32.1. The predicted molar refractivity (Wildman–Crippen MR) is 105 cm³/mol. The minimum atomic E-state index is -0.490. The van der Waals surface area contributed by atoms with Crippen LogP contribution in [0.3, 0.4) is 0 Å². The van der Waals surface area contributed by atoms with E-state index in [9.17, 15) is 9.90 Å². The lowest BCUT2D eigenvalue weighted by molar-refractivity contribution is 0.225. The summed E-state index contributed by atoms with van der Waals surface area (Å²) in [7, 11) is 0. The summed E-state index contributed by atoms with van der Waals surface area (Å²) in [6.45, 7) is 1.97. The minimum absolute atomic E-state index is 0.191. The van der Waals surface area contributed by atoms with Gasteiger partial charge in [-0.25, -0.2) is 9.78 Å². The first kappa shape index (κ1) is 18.2. The van der Waals surface area contributed by atoms with E-state index < -0.39 is 12.1 Å². The molecule has 1 aliphatic heterocycles. The first-order valence-electron chi connectivity index (χ1n) is 8.65. The van der Waals surface area contributed by atoms with Crippen molar-refractivity contribution < 1.29 is 9.90 Å². The number of hydrogen-bond donors (Lipinski definition) is 3. The summed E-state index contributed by atoms with van der Waals surface area (Å²) < 4.78 is 0. The Morgan fingerprint density at radius 3 is 2.65 bits per heavy atom. The van der Waals surface area contributed by atoms with E-state index in [1.165, 1.54) is 36.3 Å². The predicted octanol–water partition coefficient (Wildman–Crippen LogP) is 2.97. The molecule has 1 fully saturated rings. The number of amides is 2. The van der Waals surface area contributed by atoms with E-state index in [4.69, 9.17) is 6.42 Å². The number of nitrogens with zero attached hydrogens (tertiary/aromatic N) is 2. The SMILES string of the molecule is C#Cc1nc(NC(=O)N[C@@H](CO)c2ccc(N3CCCCC3)cc2)cs1. The van der Waals surface area contributed by atoms with Gasteiger partial charge in [0.05, 0.1) is 12.6 Å². The fraction of sp³-hybridized carbons (Fsp3) is 0.368. The summed E-state index contributed by atoms with van der Waals surface area (Å²) in [5.41, 5.74) is 2.03. The molecule has 0 radical (unpaired) electrons. The normalized spacial score (nSPS) is 15.2. The third-order valence-electron chi connectivity index (χ3n) is 4.37. The molecule has 1 aromatic heterocycles. The molecule has 2 amide bonds. The molecule has 2 heterocycles. The van der Waals surface area contributed by atoms with Gasteiger partial charge in [0.1, 0.15) is 5.82 Å². The highest BCUT2D eigenvalue weighted by Crippen LogP contribution is 2.22. The fourth-order valence-electron chi connectivity index (χ4n) is 3.01. The van der Waals surface area contributed by atoms with Crippen molar-refractivity contribution in [2.75, 3.05) is 29.9 Å². The van der Waals surface area contributed by atoms with Crippen LogP contribution in [0.5, 0.6) is 0 Å². The third-order valence-corrected chi connectivity index (χ3v) is 5.15. The van der Waals surface area contributed by atoms with Crippen LogP contribution in [-0.4, -0.2) is 35.8 Å². The van der Waals surface area contributed by atoms with Crippen LogP contribution >= 0.6 is 11.3 Å². The van der Waals surface area contributed by atoms with Crippen molar-refractivity contribution in [3.8, 4) is 12.3 Å². The molecule has 7 heteroatoms. The van der Waals surface area contributed by atoms with Gasteiger partial charge in [0, 0.05) is 24.2 Å². The van der Waals surface area contributed by atoms with Crippen LogP contribution in [0.15, 0.2) is 29.6 Å². The van der Waals surface area contributed by atoms with E-state index in [2.05, 4.69) is 26.4 Å². The number of anilines is 2. The lowest BCUT2D eigenvalue weighted by atomic mass is 10.1. The Hall–Kier alpha value is -2.56. The van der Waals surface area contributed by atoms with Crippen molar-refractivity contribution in [2.24, 2.45) is 0 Å². The molecular weight excluding hydrogens is 348 g/mol. The molecule has 136 valence electrons. The largest absolute Gasteiger partial charge is 0.394 e. The second-order valence-corrected chi connectivity index (χ2v) is 7.01. The standard InChI is InChI=1S/C19H22N4O2S/c1-2-18-21-17(13-26-18)22-19(25)20-16(12-24)14-6-8-15(9-7-14)23-10-4-3-5-11-23/h1,6-9,13,16,24H,3-5,10-12H2,(H2,20,22,25)/t16-/m0/s1. The zero-order valence-electron chi connectivity index (χ0n) is 14.4. The van der Waals surface area contributed by atoms with E-state index in [0.29, 0.717) is 10.8 Å². The molecule has 2 aromatic rings. The number of thiazole rings is 1. The Balaban J connectivity index is 1.60. The number of carbonyl (C=O) groups excluding carboxylic acids is 1. The Kier molecular flexibility index (Phi) is 6.10. The molecule has 0 bridgehead atoms. The molecule has 1 aromatic carbocycles. The number of rotatable bonds is 5. The van der Waals surface area contributed by atoms with E-state index in [1.807, 2.05) is 24.3 Å². The van der Waals surface area contributed by atoms with Gasteiger partial charge in [-0.15, -0.1) is 17.8 Å². The molecule has 0 spiro atoms. The van der Waals surface area contributed by atoms with Gasteiger partial charge in [-0.1, -0.05) is 12.1 Å². The second kappa shape index (κ2) is 8.70. The third kappa shape index (κ3) is 4.54. The number of benzene rings is 1. The maximum atomic E-state index is 12.1. The molecular formula is C19H22N4O2S. The van der Waals surface area contributed by atoms with Crippen molar-refractivity contribution >= 4 is 28.9 Å². The molecule has 3 rings (SSSR count). The lowest BCUT2D eigenvalue weighted by Gasteiger charge is -2.29. The average Bonchev–Trinajstić information content (AvgIpc) is 3.14. The van der Waals surface area contributed by atoms with Crippen molar-refractivity contribution in [1.82, 2.24) is 10.3 Å². The number of aliphatic hydroxyl groups is 1. The molecule has 26 heavy (non-hydrogen) atoms. The zero-order chi connectivity index (χ0) is 18.4. The van der Waals surface area contributed by atoms with Crippen molar-refractivity contribution in [3.05, 3.63) is 40.2 Å². The topological polar surface area (TPSA) is 77.5 Å². The molecule has 1 saturated heterocycles. The summed E-state index contributed by atoms with van der Waals surface area (Å²) in [6.07, 6.45) is 9.01. The Morgan fingerprint density at radius 2 is 2.04 bits per heavy atom. The molecule has 3 N–H and O–H groups in total. The number of hydrogen-bond acceptors (Lipinski definition) is 5. The molecule has 1 atom stereocenters. The molecule has 6 nitrogen and oxygen atoms in total. The van der Waals surface area contributed by atoms with Crippen LogP contribution in [0.4, 0.5) is 16.3 Å². The monoisotopic (exact) mass is 370 g/mol. The first-order valence-corrected chi connectivity index (χ1v) is 9.53. The van der Waals surface area contributed by atoms with Crippen molar-refractivity contribution in [2.45, 2.75) is 25.3 Å². The molecule has 0 saturated carbocycles. The number of urea groups is 1. The number of aromatic nitrogens is 1. The van der Waals surface area contributed by atoms with Gasteiger partial charge >= 0.3 is 6.03 Å². The first-order chi connectivity index (χ1) is 12.7. The maximum absolute atomic E-state index is 12.1. The van der Waals surface area contributed by atoms with Gasteiger partial charge in [-0.05, 0) is 42.9 Å². The van der Waals surface area contributed by atoms with Crippen molar-refractivity contribution in [1.29, 1.82) is 0 Å². The quantitative estimate of drug-likeness (QED) is 0.707. The van der Waals surface area contributed by atoms with Crippen LogP contribution < -0.4 is 15.5 Å². The number of aliphatic hydroxyl groups excluding tert-OH is 1. The summed E-state index contributed by atoms with van der Waals surface area (Å²) >= 11 is 1.28. The van der Waals surface area contributed by atoms with Crippen LogP contribution in [0.2, 0.25) is 0 Å². The Labute approximate surface area is 157 Å². The van der Waals surface area contributed by atoms with Gasteiger partial charge in [0.15, 0.2) is 5.01 Å². The van der Waals surface area contributed by atoms with Gasteiger partial charge in [0.2, 0.25) is 0 Å². The lowest BCUT2D eigenvalue weighted by Crippen LogP contribution is -2.34. The Bertz CT molecular complexity index is 776. The second-order valence-electron chi connectivity index (χ2n) is 6.16. The summed E-state index contributed by atoms with van der Waals surface area (Å²) in [6, 6.07) is 7.06. The zero-order valence-corrected chi connectivity index (χ0v) is 15.3. The summed E-state index contributed by atoms with van der Waals surface area (Å²) in [4.78, 5) is 18.6. The number of nitrogens with one attached hydrogen (secondary N) is 2. The van der Waals surface area contributed by atoms with Gasteiger partial charge in [0.25, 0.3) is 0 Å². The molecule has 0 aliphatic carbocycles. The van der Waals surface area contributed by atoms with Crippen molar-refractivity contribution in [3.63, 3.8) is 0 Å². The number of terminal acetylenes is 1. The van der Waals surface area contributed by atoms with Crippen LogP contribution in [0.25, 0.3) is 0 Å². The highest BCUT2D eigenvalue weighted by Gasteiger charge is 2.16. The van der Waals surface area contributed by atoms with E-state index in [-0.39, 0.29) is 6.61 Å². The highest BCUT2D eigenvalue weighted by molar-refractivity contribution is 7.10. The number of piperidine rings is 1. The van der Waals surface area contributed by atoms with Crippen LogP contribution in [0.1, 0.15) is 35.9 Å². The van der Waals surface area contributed by atoms with E-state index >= 15 is 0 Å². The fourth-order valence-corrected chi connectivity index (χ4v) is 3.57.